The standard InChI is InChI=1S/C21H27N5O3.C12H15ClN4O.C12H17N5O.C7H3Cl2N3/c1-4-6-15(13-27)24-20-19-17(7-5-10-22-19)25-21(26-20)23-12-14-8-9-16(28-2)11-18(14)29-3;2*1-2-4-8(7-18)15-11-10-9(5-3-6-14-10)16-12(13)17-11;8-6-5-4(2-1-3-10-5)11-7(9)12-6/h5,7-11,15,27H,4,6,12-13H2,1-3H3,(H2,23,24,25,26);3,5-6,8,18H,2,4,7H2,1H3,(H,15,16,17);3,5-6,8,18H,2,4,7H2,1H3,(H3,13,15,16,17);1-3H/t15-;2*8-;/m000./s1. The smallest absolute Gasteiger partial charge is 0.225 e. The van der Waals surface area contributed by atoms with Crippen LogP contribution in [-0.2, 0) is 6.54 Å². The van der Waals surface area contributed by atoms with Crippen molar-refractivity contribution in [3.8, 4) is 11.5 Å². The Balaban J connectivity index is 0.000000175. The number of nitrogens with zero attached hydrogens (tertiary/aromatic N) is 12. The van der Waals surface area contributed by atoms with Crippen molar-refractivity contribution in [2.75, 3.05) is 61.0 Å². The molecule has 0 amide bonds. The highest BCUT2D eigenvalue weighted by Gasteiger charge is 2.16. The monoisotopic (exact) mass is 1110 g/mol. The highest BCUT2D eigenvalue weighted by molar-refractivity contribution is 6.35. The van der Waals surface area contributed by atoms with E-state index in [9.17, 15) is 15.3 Å². The SMILES string of the molecule is CCC[C@@H](CO)Nc1nc(Cl)nc2cccnc12.CCC[C@@H](CO)Nc1nc(N)nc2cccnc12.CCC[C@@H](CO)Nc1nc(NCc2ccc(OC)cc2OC)nc2cccnc12.Clc1nc(Cl)c2ncccc2n1. The van der Waals surface area contributed by atoms with E-state index in [-0.39, 0.29) is 59.6 Å². The molecule has 0 aliphatic carbocycles. The molecule has 8 heterocycles. The third-order valence-corrected chi connectivity index (χ3v) is 11.9. The lowest BCUT2D eigenvalue weighted by Crippen LogP contribution is -2.24. The normalized spacial score (nSPS) is 12.0. The van der Waals surface area contributed by atoms with Crippen molar-refractivity contribution in [3.05, 3.63) is 113 Å². The summed E-state index contributed by atoms with van der Waals surface area (Å²) in [7, 11) is 3.25. The van der Waals surface area contributed by atoms with Crippen molar-refractivity contribution < 1.29 is 24.8 Å². The summed E-state index contributed by atoms with van der Waals surface area (Å²) in [4.78, 5) is 50.3. The fourth-order valence-electron chi connectivity index (χ4n) is 7.60. The summed E-state index contributed by atoms with van der Waals surface area (Å²) in [6, 6.07) is 20.0. The number of hydrogen-bond acceptors (Lipinski definition) is 22. The van der Waals surface area contributed by atoms with Crippen molar-refractivity contribution in [2.24, 2.45) is 0 Å². The second kappa shape index (κ2) is 30.3. The Bertz CT molecular complexity index is 3200. The Morgan fingerprint density at radius 2 is 0.961 bits per heavy atom. The lowest BCUT2D eigenvalue weighted by Gasteiger charge is -2.18. The molecule has 0 saturated carbocycles. The number of hydrogen-bond donors (Lipinski definition) is 8. The van der Waals surface area contributed by atoms with Crippen LogP contribution in [0.2, 0.25) is 15.7 Å². The number of aliphatic hydroxyl groups is 3. The number of halogens is 3. The van der Waals surface area contributed by atoms with Crippen molar-refractivity contribution in [1.29, 1.82) is 0 Å². The summed E-state index contributed by atoms with van der Waals surface area (Å²) in [5, 5.41) is 41.7. The fourth-order valence-corrected chi connectivity index (χ4v) is 8.22. The topological polar surface area (TPSA) is 308 Å². The molecule has 0 spiro atoms. The number of nitrogens with one attached hydrogen (secondary N) is 4. The van der Waals surface area contributed by atoms with Gasteiger partial charge in [0, 0.05) is 43.0 Å². The summed E-state index contributed by atoms with van der Waals surface area (Å²) < 4.78 is 10.7. The fraction of sp³-hybridized carbons (Fsp3) is 0.346. The third-order valence-electron chi connectivity index (χ3n) is 11.3. The molecule has 0 aliphatic heterocycles. The number of ether oxygens (including phenoxy) is 2. The van der Waals surface area contributed by atoms with Crippen LogP contribution >= 0.6 is 34.8 Å². The van der Waals surface area contributed by atoms with Gasteiger partial charge in [0.25, 0.3) is 0 Å². The largest absolute Gasteiger partial charge is 0.497 e. The molecule has 25 heteroatoms. The molecule has 8 aromatic heterocycles. The lowest BCUT2D eigenvalue weighted by molar-refractivity contribution is 0.268. The maximum absolute atomic E-state index is 9.65. The van der Waals surface area contributed by atoms with E-state index in [0.717, 1.165) is 61.1 Å². The van der Waals surface area contributed by atoms with E-state index in [1.807, 2.05) is 42.5 Å². The van der Waals surface area contributed by atoms with Crippen molar-refractivity contribution in [1.82, 2.24) is 59.8 Å². The number of pyridine rings is 4. The van der Waals surface area contributed by atoms with Crippen molar-refractivity contribution >= 4 is 108 Å². The van der Waals surface area contributed by atoms with Gasteiger partial charge in [0.15, 0.2) is 22.6 Å². The summed E-state index contributed by atoms with van der Waals surface area (Å²) in [6.45, 7) is 6.81. The van der Waals surface area contributed by atoms with Crippen LogP contribution in [-0.4, -0.2) is 127 Å². The summed E-state index contributed by atoms with van der Waals surface area (Å²) in [6.07, 6.45) is 12.1. The molecule has 0 bridgehead atoms. The van der Waals surface area contributed by atoms with Crippen molar-refractivity contribution in [3.63, 3.8) is 0 Å². The zero-order valence-corrected chi connectivity index (χ0v) is 45.5. The number of aliphatic hydroxyl groups excluding tert-OH is 3. The Labute approximate surface area is 460 Å². The second-order valence-electron chi connectivity index (χ2n) is 16.9. The molecule has 9 N–H and O–H groups in total. The van der Waals surface area contributed by atoms with Crippen LogP contribution in [0.25, 0.3) is 44.1 Å². The van der Waals surface area contributed by atoms with Crippen LogP contribution in [0, 0.1) is 0 Å². The molecular weight excluding hydrogens is 1050 g/mol. The van der Waals surface area contributed by atoms with E-state index in [1.165, 1.54) is 0 Å². The Hall–Kier alpha value is -7.47. The zero-order chi connectivity index (χ0) is 55.1. The van der Waals surface area contributed by atoms with Crippen LogP contribution in [0.15, 0.2) is 91.5 Å². The van der Waals surface area contributed by atoms with Gasteiger partial charge in [0.1, 0.15) is 33.6 Å². The number of aromatic nitrogens is 12. The predicted octanol–water partition coefficient (Wildman–Crippen LogP) is 8.99. The van der Waals surface area contributed by atoms with Gasteiger partial charge >= 0.3 is 0 Å². The van der Waals surface area contributed by atoms with Crippen LogP contribution in [0.1, 0.15) is 64.9 Å². The van der Waals surface area contributed by atoms with Gasteiger partial charge in [-0.3, -0.25) is 19.9 Å². The first-order chi connectivity index (χ1) is 37.4. The number of benzene rings is 1. The molecule has 22 nitrogen and oxygen atoms in total. The molecule has 9 rings (SSSR count). The summed E-state index contributed by atoms with van der Waals surface area (Å²) in [5.41, 5.74) is 12.0. The van der Waals surface area contributed by atoms with E-state index < -0.39 is 0 Å². The van der Waals surface area contributed by atoms with Gasteiger partial charge in [-0.1, -0.05) is 51.6 Å². The van der Waals surface area contributed by atoms with Crippen LogP contribution in [0.3, 0.4) is 0 Å². The highest BCUT2D eigenvalue weighted by Crippen LogP contribution is 2.27. The minimum absolute atomic E-state index is 0.0258. The first kappa shape index (κ1) is 58.8. The Morgan fingerprint density at radius 3 is 1.44 bits per heavy atom. The van der Waals surface area contributed by atoms with E-state index in [1.54, 1.807) is 63.3 Å². The number of methoxy groups -OCH3 is 2. The van der Waals surface area contributed by atoms with E-state index in [2.05, 4.69) is 102 Å². The molecular formula is C52H62Cl3N17O5. The van der Waals surface area contributed by atoms with Gasteiger partial charge in [0.2, 0.25) is 22.5 Å². The highest BCUT2D eigenvalue weighted by atomic mass is 35.5. The number of anilines is 5. The maximum atomic E-state index is 9.65. The molecule has 0 aliphatic rings. The van der Waals surface area contributed by atoms with Crippen LogP contribution in [0.4, 0.5) is 29.4 Å². The van der Waals surface area contributed by atoms with Gasteiger partial charge < -0.3 is 51.8 Å². The molecule has 406 valence electrons. The molecule has 0 unspecified atom stereocenters. The van der Waals surface area contributed by atoms with E-state index in [0.29, 0.717) is 68.6 Å². The Morgan fingerprint density at radius 1 is 0.519 bits per heavy atom. The predicted molar refractivity (Wildman–Crippen MR) is 304 cm³/mol. The minimum Gasteiger partial charge on any atom is -0.497 e. The summed E-state index contributed by atoms with van der Waals surface area (Å²) >= 11 is 17.2. The van der Waals surface area contributed by atoms with Crippen LogP contribution < -0.4 is 36.5 Å². The molecule has 9 aromatic rings. The van der Waals surface area contributed by atoms with Gasteiger partial charge in [-0.15, -0.1) is 0 Å². The number of nitrogens with two attached hydrogens (primary N) is 1. The quantitative estimate of drug-likeness (QED) is 0.0261. The van der Waals surface area contributed by atoms with E-state index >= 15 is 0 Å². The van der Waals surface area contributed by atoms with Gasteiger partial charge in [0.05, 0.1) is 74.2 Å². The molecule has 77 heavy (non-hydrogen) atoms. The molecule has 0 radical (unpaired) electrons. The second-order valence-corrected chi connectivity index (χ2v) is 17.9. The minimum atomic E-state index is -0.0883. The van der Waals surface area contributed by atoms with Gasteiger partial charge in [-0.2, -0.15) is 15.0 Å². The lowest BCUT2D eigenvalue weighted by atomic mass is 10.2. The van der Waals surface area contributed by atoms with Crippen molar-refractivity contribution in [2.45, 2.75) is 84.0 Å². The summed E-state index contributed by atoms with van der Waals surface area (Å²) in [5.74, 6) is 3.87. The molecule has 1 aromatic carbocycles. The number of fused-ring (bicyclic) bond motifs is 4. The number of rotatable bonds is 20. The number of nitrogen functional groups attached to an aromatic ring is 1. The van der Waals surface area contributed by atoms with Gasteiger partial charge in [-0.25, -0.2) is 24.9 Å². The van der Waals surface area contributed by atoms with Crippen LogP contribution in [0.5, 0.6) is 11.5 Å². The molecule has 0 saturated heterocycles. The average molecular weight is 1110 g/mol. The molecule has 0 fully saturated rings. The van der Waals surface area contributed by atoms with E-state index in [4.69, 9.17) is 50.0 Å². The molecule has 3 atom stereocenters. The third kappa shape index (κ3) is 17.0. The van der Waals surface area contributed by atoms with Gasteiger partial charge in [-0.05, 0) is 103 Å². The Kier molecular flexibility index (Phi) is 23.1. The first-order valence-electron chi connectivity index (χ1n) is 24.7. The average Bonchev–Trinajstić information content (AvgIpc) is 3.44. The maximum Gasteiger partial charge on any atom is 0.225 e. The first-order valence-corrected chi connectivity index (χ1v) is 25.9. The zero-order valence-electron chi connectivity index (χ0n) is 43.2.